The van der Waals surface area contributed by atoms with Crippen molar-refractivity contribution in [3.05, 3.63) is 11.3 Å². The molecule has 0 aromatic heterocycles. The van der Waals surface area contributed by atoms with Crippen LogP contribution in [0.3, 0.4) is 0 Å². The minimum atomic E-state index is -0.275. The van der Waals surface area contributed by atoms with Gasteiger partial charge in [-0.2, -0.15) is 0 Å². The van der Waals surface area contributed by atoms with Crippen molar-refractivity contribution >= 4 is 17.5 Å². The van der Waals surface area contributed by atoms with Crippen molar-refractivity contribution in [1.82, 2.24) is 4.90 Å². The number of esters is 1. The second kappa shape index (κ2) is 7.71. The molecule has 6 heteroatoms. The van der Waals surface area contributed by atoms with Gasteiger partial charge in [0.1, 0.15) is 5.78 Å². The predicted octanol–water partition coefficient (Wildman–Crippen LogP) is 2.62. The van der Waals surface area contributed by atoms with Crippen LogP contribution in [0, 0.1) is 23.2 Å². The topological polar surface area (TPSA) is 68.2 Å². The molecule has 0 spiro atoms. The first-order chi connectivity index (χ1) is 13.4. The number of carbonyl (C=O) groups is 2. The van der Waals surface area contributed by atoms with Gasteiger partial charge >= 0.3 is 5.97 Å². The largest absolute Gasteiger partial charge is 0.463 e. The standard InChI is InChI=1S/C22H32N2O4/c1-4-28-21(26)20-16(13-24-7-9-27-10-8-24)23-15-11-22(2,3)12-17(25)19(15)18(20)14-5-6-14/h14,18-19H,4-13H2,1-3H3. The molecular formula is C22H32N2O4. The molecular weight excluding hydrogens is 356 g/mol. The number of hydrogen-bond donors (Lipinski definition) is 0. The number of aliphatic imine (C=N–C) groups is 1. The first kappa shape index (κ1) is 19.8. The normalized spacial score (nSPS) is 30.7. The molecule has 0 aromatic carbocycles. The van der Waals surface area contributed by atoms with Crippen molar-refractivity contribution in [2.24, 2.45) is 28.2 Å². The maximum atomic E-state index is 13.1. The molecule has 0 amide bonds. The maximum absolute atomic E-state index is 13.1. The van der Waals surface area contributed by atoms with Gasteiger partial charge in [-0.05, 0) is 37.5 Å². The molecule has 0 N–H and O–H groups in total. The lowest BCUT2D eigenvalue weighted by atomic mass is 9.63. The van der Waals surface area contributed by atoms with Crippen LogP contribution in [0.25, 0.3) is 0 Å². The van der Waals surface area contributed by atoms with E-state index in [-0.39, 0.29) is 29.0 Å². The first-order valence-electron chi connectivity index (χ1n) is 10.7. The van der Waals surface area contributed by atoms with E-state index in [0.717, 1.165) is 43.8 Å². The molecule has 3 fully saturated rings. The van der Waals surface area contributed by atoms with Gasteiger partial charge in [0.05, 0.1) is 37.0 Å². The second-order valence-corrected chi connectivity index (χ2v) is 9.40. The predicted molar refractivity (Wildman–Crippen MR) is 106 cm³/mol. The zero-order valence-corrected chi connectivity index (χ0v) is 17.3. The Morgan fingerprint density at radius 3 is 2.61 bits per heavy atom. The number of fused-ring (bicyclic) bond motifs is 1. The van der Waals surface area contributed by atoms with E-state index in [0.29, 0.717) is 44.3 Å². The van der Waals surface area contributed by atoms with Crippen molar-refractivity contribution < 1.29 is 19.1 Å². The van der Waals surface area contributed by atoms with Crippen molar-refractivity contribution in [3.8, 4) is 0 Å². The van der Waals surface area contributed by atoms with E-state index in [4.69, 9.17) is 14.5 Å². The number of morpholine rings is 1. The van der Waals surface area contributed by atoms with E-state index in [9.17, 15) is 9.59 Å². The molecule has 0 bridgehead atoms. The molecule has 28 heavy (non-hydrogen) atoms. The summed E-state index contributed by atoms with van der Waals surface area (Å²) in [5.41, 5.74) is 2.44. The van der Waals surface area contributed by atoms with Crippen molar-refractivity contribution in [3.63, 3.8) is 0 Å². The summed E-state index contributed by atoms with van der Waals surface area (Å²) < 4.78 is 10.9. The smallest absolute Gasteiger partial charge is 0.336 e. The minimum Gasteiger partial charge on any atom is -0.463 e. The number of rotatable bonds is 5. The summed E-state index contributed by atoms with van der Waals surface area (Å²) in [6.07, 6.45) is 3.56. The Morgan fingerprint density at radius 1 is 1.25 bits per heavy atom. The average Bonchev–Trinajstić information content (AvgIpc) is 3.45. The van der Waals surface area contributed by atoms with Gasteiger partial charge in [-0.3, -0.25) is 14.7 Å². The van der Waals surface area contributed by atoms with Crippen LogP contribution in [-0.4, -0.2) is 61.8 Å². The van der Waals surface area contributed by atoms with Crippen molar-refractivity contribution in [2.75, 3.05) is 39.5 Å². The molecule has 2 atom stereocenters. The molecule has 2 unspecified atom stereocenters. The van der Waals surface area contributed by atoms with Crippen molar-refractivity contribution in [2.45, 2.75) is 46.5 Å². The second-order valence-electron chi connectivity index (χ2n) is 9.40. The molecule has 4 rings (SSSR count). The van der Waals surface area contributed by atoms with Crippen LogP contribution >= 0.6 is 0 Å². The molecule has 2 heterocycles. The Bertz CT molecular complexity index is 714. The van der Waals surface area contributed by atoms with E-state index in [1.807, 2.05) is 6.92 Å². The summed E-state index contributed by atoms with van der Waals surface area (Å²) in [6.45, 7) is 10.2. The maximum Gasteiger partial charge on any atom is 0.336 e. The average molecular weight is 389 g/mol. The monoisotopic (exact) mass is 388 g/mol. The summed E-state index contributed by atoms with van der Waals surface area (Å²) >= 11 is 0. The zero-order valence-electron chi connectivity index (χ0n) is 17.3. The molecule has 2 aliphatic heterocycles. The SMILES string of the molecule is CCOC(=O)C1=C(CN2CCOCC2)N=C2CC(C)(C)CC(=O)C2C1C1CC1. The lowest BCUT2D eigenvalue weighted by Crippen LogP contribution is -2.47. The minimum absolute atomic E-state index is 0.0498. The highest BCUT2D eigenvalue weighted by atomic mass is 16.5. The number of ketones is 1. The van der Waals surface area contributed by atoms with E-state index in [2.05, 4.69) is 18.7 Å². The molecule has 1 saturated heterocycles. The number of ether oxygens (including phenoxy) is 2. The quantitative estimate of drug-likeness (QED) is 0.677. The Labute approximate surface area is 167 Å². The van der Waals surface area contributed by atoms with Gasteiger partial charge in [-0.25, -0.2) is 4.79 Å². The van der Waals surface area contributed by atoms with Crippen LogP contribution in [0.2, 0.25) is 0 Å². The summed E-state index contributed by atoms with van der Waals surface area (Å²) in [4.78, 5) is 33.4. The first-order valence-corrected chi connectivity index (χ1v) is 10.7. The third kappa shape index (κ3) is 3.94. The fraction of sp³-hybridized carbons (Fsp3) is 0.773. The lowest BCUT2D eigenvalue weighted by Gasteiger charge is -2.42. The highest BCUT2D eigenvalue weighted by Crippen LogP contribution is 2.51. The summed E-state index contributed by atoms with van der Waals surface area (Å²) in [7, 11) is 0. The summed E-state index contributed by atoms with van der Waals surface area (Å²) in [5.74, 6) is 0.0986. The van der Waals surface area contributed by atoms with Gasteiger partial charge in [0, 0.05) is 37.7 Å². The van der Waals surface area contributed by atoms with E-state index in [1.165, 1.54) is 0 Å². The summed E-state index contributed by atoms with van der Waals surface area (Å²) in [5, 5.41) is 0. The molecule has 0 radical (unpaired) electrons. The van der Waals surface area contributed by atoms with Crippen LogP contribution in [0.4, 0.5) is 0 Å². The Hall–Kier alpha value is -1.53. The zero-order chi connectivity index (χ0) is 19.9. The molecule has 2 aliphatic carbocycles. The van der Waals surface area contributed by atoms with Gasteiger partial charge in [0.25, 0.3) is 0 Å². The fourth-order valence-corrected chi connectivity index (χ4v) is 5.06. The van der Waals surface area contributed by atoms with Gasteiger partial charge in [0.15, 0.2) is 0 Å². The highest BCUT2D eigenvalue weighted by Gasteiger charge is 2.52. The number of hydrogen-bond acceptors (Lipinski definition) is 6. The number of carbonyl (C=O) groups excluding carboxylic acids is 2. The van der Waals surface area contributed by atoms with Crippen LogP contribution in [0.1, 0.15) is 46.5 Å². The molecule has 6 nitrogen and oxygen atoms in total. The van der Waals surface area contributed by atoms with Crippen LogP contribution in [-0.2, 0) is 19.1 Å². The third-order valence-electron chi connectivity index (χ3n) is 6.40. The van der Waals surface area contributed by atoms with Gasteiger partial charge in [-0.15, -0.1) is 0 Å². The molecule has 4 aliphatic rings. The van der Waals surface area contributed by atoms with Crippen molar-refractivity contribution in [1.29, 1.82) is 0 Å². The van der Waals surface area contributed by atoms with Crippen LogP contribution < -0.4 is 0 Å². The molecule has 2 saturated carbocycles. The van der Waals surface area contributed by atoms with Crippen LogP contribution in [0.15, 0.2) is 16.3 Å². The van der Waals surface area contributed by atoms with Gasteiger partial charge < -0.3 is 9.47 Å². The highest BCUT2D eigenvalue weighted by molar-refractivity contribution is 6.11. The van der Waals surface area contributed by atoms with Crippen LogP contribution in [0.5, 0.6) is 0 Å². The third-order valence-corrected chi connectivity index (χ3v) is 6.40. The van der Waals surface area contributed by atoms with E-state index >= 15 is 0 Å². The number of Topliss-reactive ketones (excluding diaryl/α,β-unsaturated/α-hetero) is 1. The fourth-order valence-electron chi connectivity index (χ4n) is 5.06. The summed E-state index contributed by atoms with van der Waals surface area (Å²) in [6, 6.07) is 0. The van der Waals surface area contributed by atoms with E-state index < -0.39 is 0 Å². The van der Waals surface area contributed by atoms with E-state index in [1.54, 1.807) is 0 Å². The molecule has 154 valence electrons. The molecule has 0 aromatic rings. The Morgan fingerprint density at radius 2 is 1.96 bits per heavy atom. The Kier molecular flexibility index (Phi) is 5.45. The Balaban J connectivity index is 1.75. The van der Waals surface area contributed by atoms with Gasteiger partial charge in [-0.1, -0.05) is 13.8 Å². The number of nitrogens with zero attached hydrogens (tertiary/aromatic N) is 2. The lowest BCUT2D eigenvalue weighted by molar-refractivity contribution is -0.139. The van der Waals surface area contributed by atoms with Gasteiger partial charge in [0.2, 0.25) is 0 Å².